The number of anilines is 1. The monoisotopic (exact) mass is 501 g/mol. The molecule has 5 aliphatic rings. The average Bonchev–Trinajstić information content (AvgIpc) is 3.42. The van der Waals surface area contributed by atoms with E-state index in [4.69, 9.17) is 0 Å². The lowest BCUT2D eigenvalue weighted by Crippen LogP contribution is -2.23. The molecule has 1 aromatic carbocycles. The van der Waals surface area contributed by atoms with Crippen LogP contribution >= 0.6 is 0 Å². The van der Waals surface area contributed by atoms with Crippen molar-refractivity contribution in [1.82, 2.24) is 9.88 Å². The Bertz CT molecular complexity index is 1830. The molecule has 3 aliphatic carbocycles. The molecule has 0 unspecified atom stereocenters. The molecule has 3 nitrogen and oxygen atoms in total. The molecule has 0 saturated heterocycles. The summed E-state index contributed by atoms with van der Waals surface area (Å²) in [4.78, 5) is 9.28. The Morgan fingerprint density at radius 3 is 2.23 bits per heavy atom. The predicted molar refractivity (Wildman–Crippen MR) is 160 cm³/mol. The van der Waals surface area contributed by atoms with Crippen LogP contribution in [0.5, 0.6) is 0 Å². The molecule has 2 aromatic rings. The topological polar surface area (TPSA) is 19.4 Å². The van der Waals surface area contributed by atoms with Crippen molar-refractivity contribution >= 4 is 22.4 Å². The molecule has 7 rings (SSSR count). The van der Waals surface area contributed by atoms with Crippen molar-refractivity contribution in [2.24, 2.45) is 0 Å². The number of para-hydroxylation sites is 1. The molecular weight excluding hydrogens is 474 g/mol. The number of fused-ring (bicyclic) bond motifs is 3. The standard InChI is InChI=1S/C36H27N3/c1-3-38-31-16-14-25(18-27(21-31)33-10-6-5-7-12-35(33)38)29-20-30(24-37-23-29)26-15-17-32-22-28(19-26)34-11-8-9-13-36(34)39(32)4-2/h5-6,8-20,23-24H,3-4H2,1-2H3. The van der Waals surface area contributed by atoms with Crippen LogP contribution in [-0.2, 0) is 0 Å². The van der Waals surface area contributed by atoms with Crippen LogP contribution in [0.15, 0.2) is 149 Å². The molecule has 0 radical (unpaired) electrons. The van der Waals surface area contributed by atoms with E-state index in [0.29, 0.717) is 0 Å². The van der Waals surface area contributed by atoms with E-state index in [1.54, 1.807) is 0 Å². The molecule has 2 aliphatic heterocycles. The number of allylic oxidation sites excluding steroid dienone is 12. The van der Waals surface area contributed by atoms with Crippen LogP contribution in [-0.4, -0.2) is 23.0 Å². The largest absolute Gasteiger partial charge is 0.335 e. The zero-order valence-electron chi connectivity index (χ0n) is 22.1. The SMILES string of the molecule is CCN1C2=C=C(C=C(c3cncc(C4=CC5=C=C(C=C4)N(CC)c4ccccc45)c3)C=C2)C2=C1C=C=CC=C2. The van der Waals surface area contributed by atoms with Gasteiger partial charge in [-0.2, -0.15) is 0 Å². The normalized spacial score (nSPS) is 18.2. The van der Waals surface area contributed by atoms with Crippen molar-refractivity contribution in [3.8, 4) is 0 Å². The van der Waals surface area contributed by atoms with Crippen LogP contribution in [0.2, 0.25) is 0 Å². The summed E-state index contributed by atoms with van der Waals surface area (Å²) in [5.41, 5.74) is 24.0. The smallest absolute Gasteiger partial charge is 0.0850 e. The van der Waals surface area contributed by atoms with Crippen LogP contribution in [0.3, 0.4) is 0 Å². The van der Waals surface area contributed by atoms with Gasteiger partial charge >= 0.3 is 0 Å². The second kappa shape index (κ2) is 9.37. The van der Waals surface area contributed by atoms with Gasteiger partial charge in [-0.3, -0.25) is 4.98 Å². The minimum absolute atomic E-state index is 0.863. The summed E-state index contributed by atoms with van der Waals surface area (Å²) in [6, 6.07) is 10.8. The summed E-state index contributed by atoms with van der Waals surface area (Å²) < 4.78 is 0. The zero-order chi connectivity index (χ0) is 26.3. The maximum Gasteiger partial charge on any atom is 0.0850 e. The fourth-order valence-corrected chi connectivity index (χ4v) is 5.71. The van der Waals surface area contributed by atoms with Crippen molar-refractivity contribution < 1.29 is 0 Å². The van der Waals surface area contributed by atoms with Gasteiger partial charge in [-0.1, -0.05) is 54.0 Å². The van der Waals surface area contributed by atoms with Crippen LogP contribution in [0.4, 0.5) is 5.69 Å². The minimum atomic E-state index is 0.863. The maximum absolute atomic E-state index is 4.68. The molecule has 0 spiro atoms. The Labute approximate surface area is 229 Å². The lowest BCUT2D eigenvalue weighted by molar-refractivity contribution is 0.473. The van der Waals surface area contributed by atoms with E-state index < -0.39 is 0 Å². The van der Waals surface area contributed by atoms with Gasteiger partial charge in [0.15, 0.2) is 0 Å². The Hall–Kier alpha value is -5.03. The summed E-state index contributed by atoms with van der Waals surface area (Å²) in [7, 11) is 0. The van der Waals surface area contributed by atoms with Gasteiger partial charge in [-0.15, -0.1) is 5.73 Å². The van der Waals surface area contributed by atoms with Gasteiger partial charge in [0.05, 0.1) is 22.8 Å². The molecule has 3 heteroatoms. The highest BCUT2D eigenvalue weighted by molar-refractivity contribution is 5.95. The van der Waals surface area contributed by atoms with Gasteiger partial charge in [0.1, 0.15) is 0 Å². The summed E-state index contributed by atoms with van der Waals surface area (Å²) in [5, 5.41) is 0. The number of likely N-dealkylation sites (N-methyl/N-ethyl adjacent to an activating group) is 2. The van der Waals surface area contributed by atoms with E-state index in [9.17, 15) is 0 Å². The summed E-state index contributed by atoms with van der Waals surface area (Å²) >= 11 is 0. The third-order valence-electron chi connectivity index (χ3n) is 7.60. The second-order valence-electron chi connectivity index (χ2n) is 9.82. The molecule has 186 valence electrons. The first-order valence-electron chi connectivity index (χ1n) is 13.5. The Balaban J connectivity index is 1.28. The van der Waals surface area contributed by atoms with Crippen molar-refractivity contribution in [2.45, 2.75) is 13.8 Å². The Kier molecular flexibility index (Phi) is 5.55. The van der Waals surface area contributed by atoms with Gasteiger partial charge in [-0.05, 0) is 67.5 Å². The van der Waals surface area contributed by atoms with Crippen LogP contribution in [0.25, 0.3) is 16.7 Å². The third-order valence-corrected chi connectivity index (χ3v) is 7.60. The van der Waals surface area contributed by atoms with E-state index in [2.05, 4.69) is 125 Å². The van der Waals surface area contributed by atoms with Crippen molar-refractivity contribution in [3.63, 3.8) is 0 Å². The van der Waals surface area contributed by atoms with Crippen molar-refractivity contribution in [1.29, 1.82) is 0 Å². The summed E-state index contributed by atoms with van der Waals surface area (Å²) in [6.45, 7) is 6.11. The molecule has 0 amide bonds. The number of hydrogen-bond donors (Lipinski definition) is 0. The van der Waals surface area contributed by atoms with Crippen molar-refractivity contribution in [3.05, 3.63) is 166 Å². The Morgan fingerprint density at radius 1 is 0.769 bits per heavy atom. The number of aromatic nitrogens is 1. The fourth-order valence-electron chi connectivity index (χ4n) is 5.71. The Morgan fingerprint density at radius 2 is 1.46 bits per heavy atom. The third kappa shape index (κ3) is 3.91. The summed E-state index contributed by atoms with van der Waals surface area (Å²) in [5.74, 6) is 0. The highest BCUT2D eigenvalue weighted by Crippen LogP contribution is 2.39. The number of rotatable bonds is 4. The van der Waals surface area contributed by atoms with Crippen LogP contribution < -0.4 is 4.90 Å². The average molecular weight is 502 g/mol. The van der Waals surface area contributed by atoms with E-state index in [1.165, 1.54) is 11.3 Å². The first-order valence-corrected chi connectivity index (χ1v) is 13.5. The first kappa shape index (κ1) is 23.1. The van der Waals surface area contributed by atoms with Crippen LogP contribution in [0, 0.1) is 0 Å². The molecule has 0 saturated carbocycles. The van der Waals surface area contributed by atoms with E-state index >= 15 is 0 Å². The molecule has 0 atom stereocenters. The maximum atomic E-state index is 4.68. The first-order chi connectivity index (χ1) is 19.2. The lowest BCUT2D eigenvalue weighted by Gasteiger charge is -2.28. The highest BCUT2D eigenvalue weighted by atomic mass is 15.1. The molecule has 1 aromatic heterocycles. The van der Waals surface area contributed by atoms with E-state index in [-0.39, 0.29) is 0 Å². The predicted octanol–water partition coefficient (Wildman–Crippen LogP) is 7.67. The van der Waals surface area contributed by atoms with Crippen molar-refractivity contribution in [2.75, 3.05) is 18.0 Å². The quantitative estimate of drug-likeness (QED) is 0.401. The molecule has 4 bridgehead atoms. The van der Waals surface area contributed by atoms with Gasteiger partial charge in [0.2, 0.25) is 0 Å². The zero-order valence-corrected chi connectivity index (χ0v) is 22.1. The second-order valence-corrected chi connectivity index (χ2v) is 9.82. The number of pyridine rings is 1. The number of benzene rings is 1. The van der Waals surface area contributed by atoms with Gasteiger partial charge in [0.25, 0.3) is 0 Å². The number of hydrogen-bond acceptors (Lipinski definition) is 3. The molecule has 39 heavy (non-hydrogen) atoms. The van der Waals surface area contributed by atoms with Gasteiger partial charge < -0.3 is 9.80 Å². The van der Waals surface area contributed by atoms with Gasteiger partial charge in [0, 0.05) is 65.0 Å². The van der Waals surface area contributed by atoms with Crippen LogP contribution in [0.1, 0.15) is 30.5 Å². The van der Waals surface area contributed by atoms with E-state index in [1.807, 2.05) is 24.5 Å². The minimum Gasteiger partial charge on any atom is -0.335 e. The highest BCUT2D eigenvalue weighted by Gasteiger charge is 2.23. The van der Waals surface area contributed by atoms with Gasteiger partial charge in [-0.25, -0.2) is 0 Å². The lowest BCUT2D eigenvalue weighted by atomic mass is 9.95. The summed E-state index contributed by atoms with van der Waals surface area (Å²) in [6.07, 6.45) is 25.3. The molecule has 3 heterocycles. The molecular formula is C36H27N3. The molecule has 0 N–H and O–H groups in total. The fraction of sp³-hybridized carbons (Fsp3) is 0.111. The number of nitrogens with zero attached hydrogens (tertiary/aromatic N) is 3. The van der Waals surface area contributed by atoms with E-state index in [0.717, 1.165) is 69.2 Å². The molecule has 0 fully saturated rings.